The van der Waals surface area contributed by atoms with Crippen molar-refractivity contribution in [3.05, 3.63) is 12.2 Å². The van der Waals surface area contributed by atoms with Crippen molar-refractivity contribution in [2.45, 2.75) is 142 Å². The zero-order valence-electron chi connectivity index (χ0n) is 19.4. The molecular formula is C26H51NO. The molecule has 0 aliphatic heterocycles. The first-order valence-electron chi connectivity index (χ1n) is 12.7. The van der Waals surface area contributed by atoms with Crippen LogP contribution in [-0.2, 0) is 4.79 Å². The van der Waals surface area contributed by atoms with Gasteiger partial charge in [-0.15, -0.1) is 0 Å². The molecule has 0 atom stereocenters. The fourth-order valence-electron chi connectivity index (χ4n) is 3.56. The molecule has 0 spiro atoms. The van der Waals surface area contributed by atoms with Gasteiger partial charge in [0.25, 0.3) is 0 Å². The highest BCUT2D eigenvalue weighted by Gasteiger charge is 1.99. The van der Waals surface area contributed by atoms with Gasteiger partial charge in [0.15, 0.2) is 0 Å². The van der Waals surface area contributed by atoms with E-state index in [1.807, 2.05) is 0 Å². The molecule has 0 aromatic heterocycles. The maximum atomic E-state index is 11.6. The van der Waals surface area contributed by atoms with Gasteiger partial charge in [-0.25, -0.2) is 0 Å². The van der Waals surface area contributed by atoms with Crippen molar-refractivity contribution in [3.63, 3.8) is 0 Å². The Bertz CT molecular complexity index is 337. The summed E-state index contributed by atoms with van der Waals surface area (Å²) in [4.78, 5) is 11.6. The second-order valence-corrected chi connectivity index (χ2v) is 8.45. The lowest BCUT2D eigenvalue weighted by molar-refractivity contribution is -0.121. The second kappa shape index (κ2) is 24.2. The number of hydrogen-bond acceptors (Lipinski definition) is 1. The third-order valence-corrected chi connectivity index (χ3v) is 5.52. The Balaban J connectivity index is 3.13. The normalized spacial score (nSPS) is 11.4. The minimum absolute atomic E-state index is 0.245. The summed E-state index contributed by atoms with van der Waals surface area (Å²) in [5, 5.41) is 3.00. The number of unbranched alkanes of at least 4 members (excludes halogenated alkanes) is 16. The molecule has 2 nitrogen and oxygen atoms in total. The Labute approximate surface area is 177 Å². The topological polar surface area (TPSA) is 29.1 Å². The third kappa shape index (κ3) is 23.2. The van der Waals surface area contributed by atoms with Gasteiger partial charge >= 0.3 is 0 Å². The summed E-state index contributed by atoms with van der Waals surface area (Å²) in [7, 11) is 0. The average Bonchev–Trinajstić information content (AvgIpc) is 2.70. The predicted molar refractivity (Wildman–Crippen MR) is 126 cm³/mol. The van der Waals surface area contributed by atoms with Gasteiger partial charge < -0.3 is 5.32 Å². The number of nitrogens with one attached hydrogen (secondary N) is 1. The molecule has 0 aromatic rings. The minimum atomic E-state index is 0.245. The van der Waals surface area contributed by atoms with E-state index in [1.54, 1.807) is 0 Å². The van der Waals surface area contributed by atoms with E-state index in [0.29, 0.717) is 0 Å². The predicted octanol–water partition coefficient (Wildman–Crippen LogP) is 8.50. The summed E-state index contributed by atoms with van der Waals surface area (Å²) >= 11 is 0. The van der Waals surface area contributed by atoms with Crippen LogP contribution in [0.25, 0.3) is 0 Å². The molecule has 2 heteroatoms. The summed E-state index contributed by atoms with van der Waals surface area (Å²) in [6, 6.07) is 0. The molecule has 1 N–H and O–H groups in total. The Hall–Kier alpha value is -0.790. The van der Waals surface area contributed by atoms with Crippen LogP contribution in [0.15, 0.2) is 12.2 Å². The van der Waals surface area contributed by atoms with Crippen molar-refractivity contribution >= 4 is 5.91 Å². The van der Waals surface area contributed by atoms with Crippen molar-refractivity contribution in [2.75, 3.05) is 6.54 Å². The summed E-state index contributed by atoms with van der Waals surface area (Å²) < 4.78 is 0. The van der Waals surface area contributed by atoms with Crippen LogP contribution in [0, 0.1) is 0 Å². The van der Waals surface area contributed by atoms with Gasteiger partial charge in [0.05, 0.1) is 0 Å². The molecule has 0 unspecified atom stereocenters. The van der Waals surface area contributed by atoms with E-state index in [-0.39, 0.29) is 5.91 Å². The highest BCUT2D eigenvalue weighted by atomic mass is 16.1. The standard InChI is InChI=1S/C26H51NO/c1-3-5-7-8-9-10-11-12-13-14-15-16-17-18-19-20-21-22-23-24-26(28)27-25-6-4-2/h12-13H,3-11,14-25H2,1-2H3,(H,27,28). The Kier molecular flexibility index (Phi) is 23.6. The number of carbonyl (C=O) groups is 1. The first-order chi connectivity index (χ1) is 13.8. The summed E-state index contributed by atoms with van der Waals surface area (Å²) in [5.41, 5.74) is 0. The van der Waals surface area contributed by atoms with E-state index in [4.69, 9.17) is 0 Å². The molecule has 0 fully saturated rings. The molecule has 166 valence electrons. The summed E-state index contributed by atoms with van der Waals surface area (Å²) in [6.45, 7) is 5.29. The highest BCUT2D eigenvalue weighted by Crippen LogP contribution is 2.12. The minimum Gasteiger partial charge on any atom is -0.356 e. The van der Waals surface area contributed by atoms with E-state index in [2.05, 4.69) is 31.3 Å². The van der Waals surface area contributed by atoms with Crippen LogP contribution in [0.5, 0.6) is 0 Å². The Morgan fingerprint density at radius 2 is 1.00 bits per heavy atom. The lowest BCUT2D eigenvalue weighted by Crippen LogP contribution is -2.23. The zero-order chi connectivity index (χ0) is 20.5. The Morgan fingerprint density at radius 3 is 1.50 bits per heavy atom. The van der Waals surface area contributed by atoms with E-state index >= 15 is 0 Å². The van der Waals surface area contributed by atoms with Gasteiger partial charge in [0, 0.05) is 13.0 Å². The molecule has 0 aromatic carbocycles. The highest BCUT2D eigenvalue weighted by molar-refractivity contribution is 5.75. The van der Waals surface area contributed by atoms with E-state index in [0.717, 1.165) is 32.2 Å². The molecule has 0 bridgehead atoms. The molecule has 0 saturated carbocycles. The number of hydrogen-bond donors (Lipinski definition) is 1. The van der Waals surface area contributed by atoms with Crippen LogP contribution in [0.4, 0.5) is 0 Å². The second-order valence-electron chi connectivity index (χ2n) is 8.45. The van der Waals surface area contributed by atoms with Crippen LogP contribution in [0.1, 0.15) is 142 Å². The molecule has 0 aliphatic carbocycles. The van der Waals surface area contributed by atoms with Crippen molar-refractivity contribution in [1.29, 1.82) is 0 Å². The summed E-state index contributed by atoms with van der Waals surface area (Å²) in [6.07, 6.45) is 30.6. The molecule has 0 radical (unpaired) electrons. The smallest absolute Gasteiger partial charge is 0.219 e. The lowest BCUT2D eigenvalue weighted by Gasteiger charge is -2.04. The van der Waals surface area contributed by atoms with Crippen LogP contribution >= 0.6 is 0 Å². The summed E-state index contributed by atoms with van der Waals surface area (Å²) in [5.74, 6) is 0.245. The maximum Gasteiger partial charge on any atom is 0.219 e. The Morgan fingerprint density at radius 1 is 0.571 bits per heavy atom. The van der Waals surface area contributed by atoms with Gasteiger partial charge in [-0.05, 0) is 38.5 Å². The average molecular weight is 394 g/mol. The molecule has 0 heterocycles. The number of carbonyl (C=O) groups excluding carboxylic acids is 1. The van der Waals surface area contributed by atoms with Gasteiger partial charge in [-0.2, -0.15) is 0 Å². The van der Waals surface area contributed by atoms with Gasteiger partial charge in [-0.1, -0.05) is 109 Å². The van der Waals surface area contributed by atoms with Gasteiger partial charge in [0.1, 0.15) is 0 Å². The fraction of sp³-hybridized carbons (Fsp3) is 0.885. The number of rotatable bonds is 22. The fourth-order valence-corrected chi connectivity index (χ4v) is 3.56. The number of allylic oxidation sites excluding steroid dienone is 2. The SMILES string of the molecule is CCCCCCCCC=CCCCCCCCCCCCC(=O)NCCCC. The quantitative estimate of drug-likeness (QED) is 0.145. The first kappa shape index (κ1) is 27.2. The van der Waals surface area contributed by atoms with Crippen molar-refractivity contribution in [3.8, 4) is 0 Å². The van der Waals surface area contributed by atoms with Gasteiger partial charge in [-0.3, -0.25) is 4.79 Å². The molecule has 0 saturated heterocycles. The van der Waals surface area contributed by atoms with E-state index in [1.165, 1.54) is 103 Å². The molecule has 28 heavy (non-hydrogen) atoms. The van der Waals surface area contributed by atoms with E-state index < -0.39 is 0 Å². The van der Waals surface area contributed by atoms with Gasteiger partial charge in [0.2, 0.25) is 5.91 Å². The van der Waals surface area contributed by atoms with Crippen molar-refractivity contribution in [1.82, 2.24) is 5.32 Å². The molecule has 1 amide bonds. The zero-order valence-corrected chi connectivity index (χ0v) is 19.4. The molecule has 0 aliphatic rings. The van der Waals surface area contributed by atoms with Crippen molar-refractivity contribution < 1.29 is 4.79 Å². The van der Waals surface area contributed by atoms with E-state index in [9.17, 15) is 4.79 Å². The number of amides is 1. The monoisotopic (exact) mass is 393 g/mol. The van der Waals surface area contributed by atoms with Crippen LogP contribution in [-0.4, -0.2) is 12.5 Å². The molecular weight excluding hydrogens is 342 g/mol. The van der Waals surface area contributed by atoms with Crippen LogP contribution in [0.2, 0.25) is 0 Å². The van der Waals surface area contributed by atoms with Crippen LogP contribution in [0.3, 0.4) is 0 Å². The van der Waals surface area contributed by atoms with Crippen LogP contribution < -0.4 is 5.32 Å². The lowest BCUT2D eigenvalue weighted by atomic mass is 10.1. The largest absolute Gasteiger partial charge is 0.356 e. The molecule has 0 rings (SSSR count). The maximum absolute atomic E-state index is 11.6. The van der Waals surface area contributed by atoms with Crippen molar-refractivity contribution in [2.24, 2.45) is 0 Å². The third-order valence-electron chi connectivity index (χ3n) is 5.52. The first-order valence-corrected chi connectivity index (χ1v) is 12.7.